The van der Waals surface area contributed by atoms with Crippen LogP contribution in [0.2, 0.25) is 10.0 Å². The molecule has 4 nitrogen and oxygen atoms in total. The lowest BCUT2D eigenvalue weighted by atomic mass is 10.0. The standard InChI is InChI=1S/C14H11Cl2N3O/c15-10-1-2-12(16)9(5-10)6-14(20)11-7-18-19-4-3-17-8-13(11)19/h1-5,7-8,14,20H,6H2. The number of fused-ring (bicyclic) bond motifs is 1. The monoisotopic (exact) mass is 307 g/mol. The fraction of sp³-hybridized carbons (Fsp3) is 0.143. The summed E-state index contributed by atoms with van der Waals surface area (Å²) in [4.78, 5) is 4.05. The summed E-state index contributed by atoms with van der Waals surface area (Å²) >= 11 is 12.1. The summed E-state index contributed by atoms with van der Waals surface area (Å²) in [6.45, 7) is 0. The van der Waals surface area contributed by atoms with Crippen molar-refractivity contribution in [2.45, 2.75) is 12.5 Å². The van der Waals surface area contributed by atoms with Crippen LogP contribution in [0.5, 0.6) is 0 Å². The molecule has 0 radical (unpaired) electrons. The number of aliphatic hydroxyl groups excluding tert-OH is 1. The fourth-order valence-electron chi connectivity index (χ4n) is 2.13. The summed E-state index contributed by atoms with van der Waals surface area (Å²) in [5, 5.41) is 15.8. The predicted octanol–water partition coefficient (Wildman–Crippen LogP) is 3.31. The fourth-order valence-corrected chi connectivity index (χ4v) is 2.52. The van der Waals surface area contributed by atoms with Gasteiger partial charge in [0.1, 0.15) is 0 Å². The Hall–Kier alpha value is -1.62. The van der Waals surface area contributed by atoms with Gasteiger partial charge in [0.25, 0.3) is 0 Å². The number of hydrogen-bond acceptors (Lipinski definition) is 3. The number of nitrogens with zero attached hydrogens (tertiary/aromatic N) is 3. The van der Waals surface area contributed by atoms with Crippen LogP contribution in [0, 0.1) is 0 Å². The van der Waals surface area contributed by atoms with Crippen molar-refractivity contribution in [3.63, 3.8) is 0 Å². The summed E-state index contributed by atoms with van der Waals surface area (Å²) in [6, 6.07) is 5.21. The molecule has 20 heavy (non-hydrogen) atoms. The van der Waals surface area contributed by atoms with E-state index in [0.717, 1.165) is 11.1 Å². The molecule has 0 saturated heterocycles. The molecule has 0 amide bonds. The highest BCUT2D eigenvalue weighted by Crippen LogP contribution is 2.27. The Morgan fingerprint density at radius 2 is 2.10 bits per heavy atom. The predicted molar refractivity (Wildman–Crippen MR) is 78.1 cm³/mol. The van der Waals surface area contributed by atoms with Crippen molar-refractivity contribution in [3.05, 3.63) is 64.2 Å². The maximum absolute atomic E-state index is 10.4. The van der Waals surface area contributed by atoms with Crippen LogP contribution < -0.4 is 0 Å². The van der Waals surface area contributed by atoms with E-state index in [9.17, 15) is 5.11 Å². The molecule has 6 heteroatoms. The van der Waals surface area contributed by atoms with Gasteiger partial charge in [-0.15, -0.1) is 0 Å². The largest absolute Gasteiger partial charge is 0.388 e. The molecule has 2 heterocycles. The van der Waals surface area contributed by atoms with E-state index >= 15 is 0 Å². The zero-order valence-electron chi connectivity index (χ0n) is 10.4. The summed E-state index contributed by atoms with van der Waals surface area (Å²) in [5.74, 6) is 0. The molecule has 0 bridgehead atoms. The number of hydrogen-bond donors (Lipinski definition) is 1. The lowest BCUT2D eigenvalue weighted by Crippen LogP contribution is -2.02. The van der Waals surface area contributed by atoms with Gasteiger partial charge in [-0.3, -0.25) is 4.98 Å². The summed E-state index contributed by atoms with van der Waals surface area (Å²) in [6.07, 6.45) is 6.34. The van der Waals surface area contributed by atoms with Crippen molar-refractivity contribution in [3.8, 4) is 0 Å². The van der Waals surface area contributed by atoms with E-state index in [1.807, 2.05) is 0 Å². The van der Waals surface area contributed by atoms with E-state index in [1.54, 1.807) is 47.5 Å². The van der Waals surface area contributed by atoms with Crippen LogP contribution in [-0.4, -0.2) is 19.7 Å². The van der Waals surface area contributed by atoms with Gasteiger partial charge in [0, 0.05) is 34.4 Å². The van der Waals surface area contributed by atoms with Crippen molar-refractivity contribution in [2.24, 2.45) is 0 Å². The van der Waals surface area contributed by atoms with Crippen LogP contribution in [0.4, 0.5) is 0 Å². The highest BCUT2D eigenvalue weighted by atomic mass is 35.5. The smallest absolute Gasteiger partial charge is 0.0903 e. The van der Waals surface area contributed by atoms with Gasteiger partial charge in [-0.25, -0.2) is 4.52 Å². The number of halogens is 2. The Kier molecular flexibility index (Phi) is 3.61. The quantitative estimate of drug-likeness (QED) is 0.807. The van der Waals surface area contributed by atoms with Gasteiger partial charge in [-0.1, -0.05) is 23.2 Å². The summed E-state index contributed by atoms with van der Waals surface area (Å²) in [5.41, 5.74) is 2.29. The van der Waals surface area contributed by atoms with Crippen molar-refractivity contribution in [1.82, 2.24) is 14.6 Å². The molecule has 1 atom stereocenters. The van der Waals surface area contributed by atoms with E-state index < -0.39 is 6.10 Å². The average molecular weight is 308 g/mol. The van der Waals surface area contributed by atoms with Crippen molar-refractivity contribution >= 4 is 28.7 Å². The normalized spacial score (nSPS) is 12.8. The second-order valence-corrected chi connectivity index (χ2v) is 5.31. The molecule has 2 aromatic heterocycles. The number of benzene rings is 1. The third-order valence-electron chi connectivity index (χ3n) is 3.13. The molecular formula is C14H11Cl2N3O. The number of aromatic nitrogens is 3. The second-order valence-electron chi connectivity index (χ2n) is 4.46. The molecule has 0 aliphatic heterocycles. The minimum Gasteiger partial charge on any atom is -0.388 e. The molecule has 0 spiro atoms. The molecule has 0 aliphatic rings. The number of rotatable bonds is 3. The van der Waals surface area contributed by atoms with Crippen LogP contribution in [0.25, 0.3) is 5.52 Å². The molecule has 1 unspecified atom stereocenters. The molecule has 1 aromatic carbocycles. The molecule has 0 aliphatic carbocycles. The highest BCUT2D eigenvalue weighted by molar-refractivity contribution is 6.33. The average Bonchev–Trinajstić information content (AvgIpc) is 2.87. The first-order valence-corrected chi connectivity index (χ1v) is 6.80. The minimum absolute atomic E-state index is 0.371. The van der Waals surface area contributed by atoms with Crippen molar-refractivity contribution < 1.29 is 5.11 Å². The van der Waals surface area contributed by atoms with Gasteiger partial charge in [0.15, 0.2) is 0 Å². The third-order valence-corrected chi connectivity index (χ3v) is 3.74. The molecule has 0 saturated carbocycles. The Morgan fingerprint density at radius 3 is 2.95 bits per heavy atom. The van der Waals surface area contributed by atoms with Gasteiger partial charge in [0.2, 0.25) is 0 Å². The second kappa shape index (κ2) is 5.40. The van der Waals surface area contributed by atoms with Crippen molar-refractivity contribution in [2.75, 3.05) is 0 Å². The third kappa shape index (κ3) is 2.50. The van der Waals surface area contributed by atoms with Crippen LogP contribution in [-0.2, 0) is 6.42 Å². The maximum Gasteiger partial charge on any atom is 0.0903 e. The number of aliphatic hydroxyl groups is 1. The summed E-state index contributed by atoms with van der Waals surface area (Å²) in [7, 11) is 0. The summed E-state index contributed by atoms with van der Waals surface area (Å²) < 4.78 is 1.67. The van der Waals surface area contributed by atoms with Gasteiger partial charge in [-0.2, -0.15) is 5.10 Å². The van der Waals surface area contributed by atoms with E-state index in [4.69, 9.17) is 23.2 Å². The highest BCUT2D eigenvalue weighted by Gasteiger charge is 2.16. The van der Waals surface area contributed by atoms with E-state index in [2.05, 4.69) is 10.1 Å². The van der Waals surface area contributed by atoms with Gasteiger partial charge < -0.3 is 5.11 Å². The van der Waals surface area contributed by atoms with Crippen LogP contribution in [0.3, 0.4) is 0 Å². The topological polar surface area (TPSA) is 50.4 Å². The Labute approximate surface area is 125 Å². The molecule has 1 N–H and O–H groups in total. The first kappa shape index (κ1) is 13.4. The molecule has 102 valence electrons. The van der Waals surface area contributed by atoms with Gasteiger partial charge in [0.05, 0.1) is 24.0 Å². The Bertz CT molecular complexity index is 757. The first-order chi connectivity index (χ1) is 9.65. The molecular weight excluding hydrogens is 297 g/mol. The minimum atomic E-state index is -0.715. The van der Waals surface area contributed by atoms with Crippen LogP contribution in [0.1, 0.15) is 17.2 Å². The van der Waals surface area contributed by atoms with E-state index in [0.29, 0.717) is 22.0 Å². The van der Waals surface area contributed by atoms with Crippen LogP contribution in [0.15, 0.2) is 43.0 Å². The van der Waals surface area contributed by atoms with Gasteiger partial charge >= 0.3 is 0 Å². The van der Waals surface area contributed by atoms with Crippen LogP contribution >= 0.6 is 23.2 Å². The molecule has 0 fully saturated rings. The lowest BCUT2D eigenvalue weighted by Gasteiger charge is -2.11. The Balaban J connectivity index is 1.93. The van der Waals surface area contributed by atoms with E-state index in [-0.39, 0.29) is 0 Å². The van der Waals surface area contributed by atoms with Gasteiger partial charge in [-0.05, 0) is 23.8 Å². The van der Waals surface area contributed by atoms with Crippen molar-refractivity contribution in [1.29, 1.82) is 0 Å². The molecule has 3 rings (SSSR count). The SMILES string of the molecule is OC(Cc1cc(Cl)ccc1Cl)c1cnn2ccncc12. The van der Waals surface area contributed by atoms with E-state index in [1.165, 1.54) is 0 Å². The zero-order valence-corrected chi connectivity index (χ0v) is 11.9. The molecule has 3 aromatic rings. The first-order valence-electron chi connectivity index (χ1n) is 6.04. The maximum atomic E-state index is 10.4. The lowest BCUT2D eigenvalue weighted by molar-refractivity contribution is 0.180. The Morgan fingerprint density at radius 1 is 1.25 bits per heavy atom. The zero-order chi connectivity index (χ0) is 14.1.